The highest BCUT2D eigenvalue weighted by Gasteiger charge is 2.05. The lowest BCUT2D eigenvalue weighted by Crippen LogP contribution is -1.83. The van der Waals surface area contributed by atoms with E-state index < -0.39 is 5.82 Å². The Balaban J connectivity index is 3.04. The summed E-state index contributed by atoms with van der Waals surface area (Å²) in [7, 11) is 0. The zero-order valence-corrected chi connectivity index (χ0v) is 9.56. The van der Waals surface area contributed by atoms with Gasteiger partial charge in [-0.3, -0.25) is 0 Å². The second-order valence-electron chi connectivity index (χ2n) is 2.52. The van der Waals surface area contributed by atoms with Crippen molar-refractivity contribution >= 4 is 35.8 Å². The Morgan fingerprint density at radius 2 is 2.07 bits per heavy atom. The van der Waals surface area contributed by atoms with Crippen LogP contribution in [0.2, 0.25) is 10.0 Å². The van der Waals surface area contributed by atoms with E-state index in [4.69, 9.17) is 23.2 Å². The molecular formula is C10H7Cl2FS. The molecule has 0 aliphatic rings. The van der Waals surface area contributed by atoms with E-state index in [0.717, 1.165) is 6.07 Å². The van der Waals surface area contributed by atoms with Crippen LogP contribution in [0.4, 0.5) is 4.39 Å². The van der Waals surface area contributed by atoms with Crippen LogP contribution in [0, 0.1) is 17.7 Å². The summed E-state index contributed by atoms with van der Waals surface area (Å²) >= 11 is 15.3. The van der Waals surface area contributed by atoms with Crippen LogP contribution in [0.5, 0.6) is 0 Å². The maximum absolute atomic E-state index is 13.0. The van der Waals surface area contributed by atoms with Gasteiger partial charge in [0.15, 0.2) is 0 Å². The molecule has 4 heteroatoms. The first kappa shape index (κ1) is 11.7. The van der Waals surface area contributed by atoms with Crippen LogP contribution in [0.15, 0.2) is 12.1 Å². The van der Waals surface area contributed by atoms with Crippen LogP contribution in [0.25, 0.3) is 0 Å². The Hall–Kier alpha value is -0.360. The molecule has 0 radical (unpaired) electrons. The van der Waals surface area contributed by atoms with Crippen molar-refractivity contribution in [3.05, 3.63) is 33.6 Å². The molecule has 0 N–H and O–H groups in total. The van der Waals surface area contributed by atoms with E-state index in [1.165, 1.54) is 0 Å². The van der Waals surface area contributed by atoms with Crippen molar-refractivity contribution in [2.45, 2.75) is 6.42 Å². The fraction of sp³-hybridized carbons (Fsp3) is 0.200. The molecule has 0 bridgehead atoms. The molecule has 0 atom stereocenters. The van der Waals surface area contributed by atoms with Gasteiger partial charge in [0.1, 0.15) is 5.82 Å². The lowest BCUT2D eigenvalue weighted by Gasteiger charge is -1.98. The number of hydrogen-bond acceptors (Lipinski definition) is 1. The standard InChI is InChI=1S/C10H7Cl2FS/c11-8-5-7(3-1-2-4-14)10(12)9(13)6-8/h5-6,14H,2,4H2. The highest BCUT2D eigenvalue weighted by atomic mass is 35.5. The van der Waals surface area contributed by atoms with Crippen molar-refractivity contribution in [3.8, 4) is 11.8 Å². The lowest BCUT2D eigenvalue weighted by atomic mass is 10.2. The summed E-state index contributed by atoms with van der Waals surface area (Å²) in [5.41, 5.74) is 0.415. The van der Waals surface area contributed by atoms with Crippen LogP contribution >= 0.6 is 35.8 Å². The third-order valence-corrected chi connectivity index (χ3v) is 2.28. The summed E-state index contributed by atoms with van der Waals surface area (Å²) in [4.78, 5) is 0. The molecule has 0 saturated carbocycles. The fourth-order valence-corrected chi connectivity index (χ4v) is 1.33. The summed E-state index contributed by atoms with van der Waals surface area (Å²) < 4.78 is 13.0. The van der Waals surface area contributed by atoms with Crippen molar-refractivity contribution in [2.24, 2.45) is 0 Å². The molecule has 74 valence electrons. The molecule has 0 aromatic heterocycles. The van der Waals surface area contributed by atoms with Gasteiger partial charge in [-0.2, -0.15) is 12.6 Å². The number of benzene rings is 1. The minimum absolute atomic E-state index is 0.0149. The maximum atomic E-state index is 13.0. The third kappa shape index (κ3) is 3.09. The Morgan fingerprint density at radius 1 is 1.36 bits per heavy atom. The zero-order valence-electron chi connectivity index (χ0n) is 7.15. The molecule has 0 aliphatic heterocycles. The maximum Gasteiger partial charge on any atom is 0.144 e. The first-order valence-corrected chi connectivity index (χ1v) is 5.28. The number of halogens is 3. The Bertz CT molecular complexity index is 393. The van der Waals surface area contributed by atoms with Gasteiger partial charge in [-0.1, -0.05) is 35.0 Å². The van der Waals surface area contributed by atoms with Crippen LogP contribution in [-0.2, 0) is 0 Å². The Kier molecular flexibility index (Phi) is 4.60. The minimum atomic E-state index is -0.547. The van der Waals surface area contributed by atoms with E-state index in [1.54, 1.807) is 6.07 Å². The molecule has 14 heavy (non-hydrogen) atoms. The second kappa shape index (κ2) is 5.50. The van der Waals surface area contributed by atoms with Gasteiger partial charge in [0.05, 0.1) is 5.02 Å². The van der Waals surface area contributed by atoms with E-state index in [9.17, 15) is 4.39 Å². The Morgan fingerprint density at radius 3 is 2.71 bits per heavy atom. The molecule has 0 aliphatic carbocycles. The van der Waals surface area contributed by atoms with Gasteiger partial charge in [-0.25, -0.2) is 4.39 Å². The van der Waals surface area contributed by atoms with Crippen molar-refractivity contribution in [2.75, 3.05) is 5.75 Å². The van der Waals surface area contributed by atoms with Crippen LogP contribution in [0.1, 0.15) is 12.0 Å². The molecule has 0 fully saturated rings. The van der Waals surface area contributed by atoms with Gasteiger partial charge in [-0.15, -0.1) is 0 Å². The van der Waals surface area contributed by atoms with E-state index in [-0.39, 0.29) is 5.02 Å². The molecular weight excluding hydrogens is 242 g/mol. The summed E-state index contributed by atoms with van der Waals surface area (Å²) in [6, 6.07) is 2.70. The monoisotopic (exact) mass is 248 g/mol. The SMILES string of the molecule is Fc1cc(Cl)cc(C#CCCS)c1Cl. The van der Waals surface area contributed by atoms with Gasteiger partial charge in [0, 0.05) is 22.8 Å². The molecule has 0 amide bonds. The quantitative estimate of drug-likeness (QED) is 0.436. The first-order valence-electron chi connectivity index (χ1n) is 3.89. The first-order chi connectivity index (χ1) is 6.65. The highest BCUT2D eigenvalue weighted by molar-refractivity contribution is 7.80. The van der Waals surface area contributed by atoms with Gasteiger partial charge >= 0.3 is 0 Å². The predicted octanol–water partition coefficient (Wildman–Crippen LogP) is 3.80. The topological polar surface area (TPSA) is 0 Å². The normalized spacial score (nSPS) is 9.43. The van der Waals surface area contributed by atoms with E-state index in [0.29, 0.717) is 22.8 Å². The van der Waals surface area contributed by atoms with Gasteiger partial charge in [0.25, 0.3) is 0 Å². The van der Waals surface area contributed by atoms with Gasteiger partial charge in [-0.05, 0) is 12.1 Å². The largest absolute Gasteiger partial charge is 0.205 e. The van der Waals surface area contributed by atoms with Crippen LogP contribution < -0.4 is 0 Å². The average Bonchev–Trinajstić information content (AvgIpc) is 2.13. The molecule has 1 aromatic carbocycles. The average molecular weight is 249 g/mol. The summed E-state index contributed by atoms with van der Waals surface area (Å²) in [5.74, 6) is 5.66. The summed E-state index contributed by atoms with van der Waals surface area (Å²) in [6.45, 7) is 0. The minimum Gasteiger partial charge on any atom is -0.205 e. The summed E-state index contributed by atoms with van der Waals surface area (Å²) in [5, 5.41) is 0.308. The molecule has 1 rings (SSSR count). The molecule has 0 heterocycles. The van der Waals surface area contributed by atoms with Crippen molar-refractivity contribution in [3.63, 3.8) is 0 Å². The summed E-state index contributed by atoms with van der Waals surface area (Å²) in [6.07, 6.45) is 0.633. The number of thiol groups is 1. The fourth-order valence-electron chi connectivity index (χ4n) is 0.861. The van der Waals surface area contributed by atoms with Gasteiger partial charge < -0.3 is 0 Å². The van der Waals surface area contributed by atoms with Gasteiger partial charge in [0.2, 0.25) is 0 Å². The lowest BCUT2D eigenvalue weighted by molar-refractivity contribution is 0.628. The Labute approximate surface area is 97.8 Å². The number of rotatable bonds is 1. The van der Waals surface area contributed by atoms with Crippen LogP contribution in [0.3, 0.4) is 0 Å². The molecule has 1 aromatic rings. The molecule has 0 saturated heterocycles. The van der Waals surface area contributed by atoms with E-state index in [2.05, 4.69) is 24.5 Å². The second-order valence-corrected chi connectivity index (χ2v) is 3.79. The zero-order chi connectivity index (χ0) is 10.6. The third-order valence-electron chi connectivity index (χ3n) is 1.45. The molecule has 0 unspecified atom stereocenters. The van der Waals surface area contributed by atoms with E-state index >= 15 is 0 Å². The van der Waals surface area contributed by atoms with E-state index in [1.807, 2.05) is 0 Å². The smallest absolute Gasteiger partial charge is 0.144 e. The highest BCUT2D eigenvalue weighted by Crippen LogP contribution is 2.23. The van der Waals surface area contributed by atoms with Crippen molar-refractivity contribution in [1.82, 2.24) is 0 Å². The van der Waals surface area contributed by atoms with Crippen LogP contribution in [-0.4, -0.2) is 5.75 Å². The predicted molar refractivity (Wildman–Crippen MR) is 61.8 cm³/mol. The molecule has 0 nitrogen and oxygen atoms in total. The van der Waals surface area contributed by atoms with Crippen molar-refractivity contribution in [1.29, 1.82) is 0 Å². The van der Waals surface area contributed by atoms with Crippen molar-refractivity contribution < 1.29 is 4.39 Å². The number of hydrogen-bond donors (Lipinski definition) is 1. The molecule has 0 spiro atoms.